The van der Waals surface area contributed by atoms with Crippen molar-refractivity contribution in [2.45, 2.75) is 24.7 Å². The molecule has 2 aromatic carbocycles. The number of anilines is 1. The van der Waals surface area contributed by atoms with Gasteiger partial charge in [-0.1, -0.05) is 23.7 Å². The van der Waals surface area contributed by atoms with Crippen LogP contribution < -0.4 is 5.32 Å². The number of carbonyl (C=O) groups is 2. The number of carbonyl (C=O) groups excluding carboxylic acids is 2. The summed E-state index contributed by atoms with van der Waals surface area (Å²) < 4.78 is 27.1. The third kappa shape index (κ3) is 4.60. The highest BCUT2D eigenvalue weighted by Gasteiger charge is 2.33. The summed E-state index contributed by atoms with van der Waals surface area (Å²) in [7, 11) is -3.69. The molecule has 3 rings (SSSR count). The molecule has 28 heavy (non-hydrogen) atoms. The number of Topliss-reactive ketones (excluding diaryl/α,β-unsaturated/α-hetero) is 1. The van der Waals surface area contributed by atoms with Crippen LogP contribution in [0.4, 0.5) is 5.69 Å². The van der Waals surface area contributed by atoms with Crippen LogP contribution in [0.2, 0.25) is 5.02 Å². The lowest BCUT2D eigenvalue weighted by molar-refractivity contribution is -0.120. The van der Waals surface area contributed by atoms with Crippen molar-refractivity contribution in [1.29, 1.82) is 0 Å². The van der Waals surface area contributed by atoms with Gasteiger partial charge in [0.15, 0.2) is 5.78 Å². The maximum Gasteiger partial charge on any atom is 0.243 e. The van der Waals surface area contributed by atoms with Gasteiger partial charge in [0.05, 0.1) is 10.8 Å². The summed E-state index contributed by atoms with van der Waals surface area (Å²) in [4.78, 5) is 24.3. The second kappa shape index (κ2) is 8.43. The van der Waals surface area contributed by atoms with Crippen LogP contribution >= 0.6 is 11.6 Å². The molecule has 8 heteroatoms. The second-order valence-corrected chi connectivity index (χ2v) is 9.16. The number of piperidine rings is 1. The van der Waals surface area contributed by atoms with Gasteiger partial charge < -0.3 is 5.32 Å². The summed E-state index contributed by atoms with van der Waals surface area (Å²) in [6.07, 6.45) is 1.20. The molecule has 0 aliphatic carbocycles. The van der Waals surface area contributed by atoms with Crippen molar-refractivity contribution in [3.05, 3.63) is 59.1 Å². The minimum Gasteiger partial charge on any atom is -0.326 e. The standard InChI is InChI=1S/C20H21ClN2O4S/c1-14(24)15-4-2-6-18(12-15)22-20(25)16-5-3-11-23(13-16)28(26,27)19-9-7-17(21)8-10-19/h2,4,6-10,12,16H,3,5,11,13H2,1H3,(H,22,25). The van der Waals surface area contributed by atoms with Crippen LogP contribution in [0.15, 0.2) is 53.4 Å². The van der Waals surface area contributed by atoms with Gasteiger partial charge in [-0.3, -0.25) is 9.59 Å². The molecule has 0 aromatic heterocycles. The number of benzene rings is 2. The van der Waals surface area contributed by atoms with Crippen LogP contribution in [0.1, 0.15) is 30.1 Å². The first-order chi connectivity index (χ1) is 13.3. The van der Waals surface area contributed by atoms with Gasteiger partial charge in [0.2, 0.25) is 15.9 Å². The molecule has 0 bridgehead atoms. The Kier molecular flexibility index (Phi) is 6.17. The fourth-order valence-electron chi connectivity index (χ4n) is 3.19. The van der Waals surface area contributed by atoms with Crippen molar-refractivity contribution in [2.75, 3.05) is 18.4 Å². The zero-order valence-corrected chi connectivity index (χ0v) is 17.0. The van der Waals surface area contributed by atoms with Crippen molar-refractivity contribution in [2.24, 2.45) is 5.92 Å². The van der Waals surface area contributed by atoms with Crippen molar-refractivity contribution in [1.82, 2.24) is 4.31 Å². The quantitative estimate of drug-likeness (QED) is 0.749. The SMILES string of the molecule is CC(=O)c1cccc(NC(=O)C2CCCN(S(=O)(=O)c3ccc(Cl)cc3)C2)c1. The molecule has 1 saturated heterocycles. The normalized spacial score (nSPS) is 17.9. The van der Waals surface area contributed by atoms with E-state index in [1.54, 1.807) is 24.3 Å². The monoisotopic (exact) mass is 420 g/mol. The number of nitrogens with one attached hydrogen (secondary N) is 1. The lowest BCUT2D eigenvalue weighted by atomic mass is 9.98. The zero-order chi connectivity index (χ0) is 20.3. The van der Waals surface area contributed by atoms with Gasteiger partial charge in [-0.05, 0) is 56.2 Å². The Morgan fingerprint density at radius 3 is 2.54 bits per heavy atom. The molecule has 2 aromatic rings. The number of amides is 1. The van der Waals surface area contributed by atoms with Gasteiger partial charge in [-0.15, -0.1) is 0 Å². The topological polar surface area (TPSA) is 83.6 Å². The van der Waals surface area contributed by atoms with Gasteiger partial charge in [0, 0.05) is 29.4 Å². The summed E-state index contributed by atoms with van der Waals surface area (Å²) in [6.45, 7) is 1.94. The van der Waals surface area contributed by atoms with E-state index in [4.69, 9.17) is 11.6 Å². The molecule has 1 atom stereocenters. The predicted molar refractivity (Wildman–Crippen MR) is 108 cm³/mol. The lowest BCUT2D eigenvalue weighted by Gasteiger charge is -2.31. The third-order valence-corrected chi connectivity index (χ3v) is 6.87. The molecule has 6 nitrogen and oxygen atoms in total. The number of nitrogens with zero attached hydrogens (tertiary/aromatic N) is 1. The average Bonchev–Trinajstić information content (AvgIpc) is 2.68. The molecule has 0 saturated carbocycles. The molecule has 1 heterocycles. The van der Waals surface area contributed by atoms with E-state index in [0.717, 1.165) is 0 Å². The van der Waals surface area contributed by atoms with Crippen LogP contribution in [0.5, 0.6) is 0 Å². The summed E-state index contributed by atoms with van der Waals surface area (Å²) in [5.74, 6) is -0.803. The van der Waals surface area contributed by atoms with Gasteiger partial charge in [-0.2, -0.15) is 4.31 Å². The molecule has 0 spiro atoms. The van der Waals surface area contributed by atoms with E-state index in [1.807, 2.05) is 0 Å². The molecule has 0 radical (unpaired) electrons. The minimum atomic E-state index is -3.69. The first-order valence-electron chi connectivity index (χ1n) is 8.95. The Bertz CT molecular complexity index is 990. The fourth-order valence-corrected chi connectivity index (χ4v) is 4.84. The first kappa shape index (κ1) is 20.5. The van der Waals surface area contributed by atoms with E-state index in [0.29, 0.717) is 35.7 Å². The summed E-state index contributed by atoms with van der Waals surface area (Å²) >= 11 is 5.84. The molecular formula is C20H21ClN2O4S. The van der Waals surface area contributed by atoms with Gasteiger partial charge in [0.25, 0.3) is 0 Å². The number of hydrogen-bond donors (Lipinski definition) is 1. The molecule has 1 N–H and O–H groups in total. The zero-order valence-electron chi connectivity index (χ0n) is 15.4. The number of hydrogen-bond acceptors (Lipinski definition) is 4. The lowest BCUT2D eigenvalue weighted by Crippen LogP contribution is -2.43. The molecule has 1 aliphatic heterocycles. The Morgan fingerprint density at radius 1 is 1.14 bits per heavy atom. The van der Waals surface area contributed by atoms with Crippen molar-refractivity contribution in [3.8, 4) is 0 Å². The summed E-state index contributed by atoms with van der Waals surface area (Å²) in [5.41, 5.74) is 1.03. The maximum atomic E-state index is 12.9. The Morgan fingerprint density at radius 2 is 1.86 bits per heavy atom. The highest BCUT2D eigenvalue weighted by Crippen LogP contribution is 2.25. The smallest absolute Gasteiger partial charge is 0.243 e. The number of sulfonamides is 1. The van der Waals surface area contributed by atoms with E-state index < -0.39 is 15.9 Å². The largest absolute Gasteiger partial charge is 0.326 e. The highest BCUT2D eigenvalue weighted by atomic mass is 35.5. The predicted octanol–water partition coefficient (Wildman–Crippen LogP) is 3.58. The van der Waals surface area contributed by atoms with E-state index in [1.165, 1.54) is 35.5 Å². The number of rotatable bonds is 5. The molecule has 148 valence electrons. The molecule has 1 aliphatic rings. The minimum absolute atomic E-state index is 0.0889. The number of halogens is 1. The number of ketones is 1. The average molecular weight is 421 g/mol. The Balaban J connectivity index is 1.72. The Hall–Kier alpha value is -2.22. The van der Waals surface area contributed by atoms with Crippen LogP contribution in [0.25, 0.3) is 0 Å². The van der Waals surface area contributed by atoms with Crippen LogP contribution in [0, 0.1) is 5.92 Å². The van der Waals surface area contributed by atoms with E-state index >= 15 is 0 Å². The fraction of sp³-hybridized carbons (Fsp3) is 0.300. The van der Waals surface area contributed by atoms with Crippen LogP contribution in [-0.4, -0.2) is 37.5 Å². The maximum absolute atomic E-state index is 12.9. The van der Waals surface area contributed by atoms with E-state index in [-0.39, 0.29) is 23.1 Å². The van der Waals surface area contributed by atoms with Crippen molar-refractivity contribution >= 4 is 39.0 Å². The molecular weight excluding hydrogens is 400 g/mol. The van der Waals surface area contributed by atoms with Crippen LogP contribution in [-0.2, 0) is 14.8 Å². The van der Waals surface area contributed by atoms with Crippen molar-refractivity contribution in [3.63, 3.8) is 0 Å². The summed E-state index contributed by atoms with van der Waals surface area (Å²) in [6, 6.07) is 12.7. The van der Waals surface area contributed by atoms with Crippen LogP contribution in [0.3, 0.4) is 0 Å². The van der Waals surface area contributed by atoms with E-state index in [2.05, 4.69) is 5.32 Å². The third-order valence-electron chi connectivity index (χ3n) is 4.74. The first-order valence-corrected chi connectivity index (χ1v) is 10.8. The summed E-state index contributed by atoms with van der Waals surface area (Å²) in [5, 5.41) is 3.26. The van der Waals surface area contributed by atoms with Gasteiger partial charge in [0.1, 0.15) is 0 Å². The van der Waals surface area contributed by atoms with Gasteiger partial charge in [-0.25, -0.2) is 8.42 Å². The van der Waals surface area contributed by atoms with E-state index in [9.17, 15) is 18.0 Å². The second-order valence-electron chi connectivity index (χ2n) is 6.78. The van der Waals surface area contributed by atoms with Gasteiger partial charge >= 0.3 is 0 Å². The van der Waals surface area contributed by atoms with Crippen molar-refractivity contribution < 1.29 is 18.0 Å². The molecule has 1 unspecified atom stereocenters. The molecule has 1 fully saturated rings. The highest BCUT2D eigenvalue weighted by molar-refractivity contribution is 7.89. The molecule has 1 amide bonds. The Labute approximate surface area is 169 Å².